The quantitative estimate of drug-likeness (QED) is 0.502. The molecule has 0 aliphatic carbocycles. The van der Waals surface area contributed by atoms with Crippen LogP contribution in [0.15, 0.2) is 69.7 Å². The molecule has 0 radical (unpaired) electrons. The summed E-state index contributed by atoms with van der Waals surface area (Å²) >= 11 is 3.53. The summed E-state index contributed by atoms with van der Waals surface area (Å²) in [7, 11) is 1.94. The van der Waals surface area contributed by atoms with Crippen molar-refractivity contribution in [1.29, 1.82) is 0 Å². The largest absolute Gasteiger partial charge is 0.403 e. The van der Waals surface area contributed by atoms with E-state index in [1.165, 1.54) is 5.56 Å². The standard InChI is InChI=1S/C19H15BrN4O/c1-24(12-13-6-3-2-4-7-13)19-23-22-18(25-19)15-10-11-21-17-14(15)8-5-9-16(17)20/h2-11H,12H2,1H3. The van der Waals surface area contributed by atoms with Crippen LogP contribution in [-0.4, -0.2) is 22.2 Å². The first-order valence-corrected chi connectivity index (χ1v) is 8.64. The maximum absolute atomic E-state index is 5.91. The van der Waals surface area contributed by atoms with E-state index in [9.17, 15) is 0 Å². The van der Waals surface area contributed by atoms with Gasteiger partial charge in [-0.15, -0.1) is 5.10 Å². The first-order valence-electron chi connectivity index (χ1n) is 7.84. The van der Waals surface area contributed by atoms with E-state index in [0.29, 0.717) is 18.5 Å². The van der Waals surface area contributed by atoms with Gasteiger partial charge in [0.2, 0.25) is 5.89 Å². The van der Waals surface area contributed by atoms with Gasteiger partial charge in [-0.25, -0.2) is 0 Å². The molecule has 124 valence electrons. The minimum atomic E-state index is 0.485. The van der Waals surface area contributed by atoms with Crippen molar-refractivity contribution in [2.45, 2.75) is 6.54 Å². The Bertz CT molecular complexity index is 1020. The third-order valence-electron chi connectivity index (χ3n) is 3.96. The summed E-state index contributed by atoms with van der Waals surface area (Å²) < 4.78 is 6.85. The van der Waals surface area contributed by atoms with E-state index in [1.807, 2.05) is 54.4 Å². The van der Waals surface area contributed by atoms with Gasteiger partial charge in [0.05, 0.1) is 5.52 Å². The van der Waals surface area contributed by atoms with Crippen LogP contribution in [0.4, 0.5) is 6.01 Å². The molecule has 0 spiro atoms. The Morgan fingerprint density at radius 3 is 2.68 bits per heavy atom. The minimum Gasteiger partial charge on any atom is -0.403 e. The van der Waals surface area contributed by atoms with Crippen molar-refractivity contribution >= 4 is 32.8 Å². The lowest BCUT2D eigenvalue weighted by molar-refractivity contribution is 0.555. The molecule has 5 nitrogen and oxygen atoms in total. The van der Waals surface area contributed by atoms with E-state index >= 15 is 0 Å². The fourth-order valence-corrected chi connectivity index (χ4v) is 3.20. The number of anilines is 1. The number of hydrogen-bond donors (Lipinski definition) is 0. The van der Waals surface area contributed by atoms with Crippen LogP contribution < -0.4 is 4.90 Å². The van der Waals surface area contributed by atoms with Gasteiger partial charge in [-0.05, 0) is 33.6 Å². The summed E-state index contributed by atoms with van der Waals surface area (Å²) in [5, 5.41) is 9.39. The normalized spacial score (nSPS) is 11.0. The molecule has 25 heavy (non-hydrogen) atoms. The minimum absolute atomic E-state index is 0.485. The lowest BCUT2D eigenvalue weighted by atomic mass is 10.1. The predicted octanol–water partition coefficient (Wildman–Crippen LogP) is 4.68. The van der Waals surface area contributed by atoms with Gasteiger partial charge >= 0.3 is 6.01 Å². The summed E-state index contributed by atoms with van der Waals surface area (Å²) in [4.78, 5) is 6.35. The number of nitrogens with zero attached hydrogens (tertiary/aromatic N) is 4. The van der Waals surface area contributed by atoms with Crippen LogP contribution in [0.2, 0.25) is 0 Å². The van der Waals surface area contributed by atoms with Crippen molar-refractivity contribution in [3.05, 3.63) is 70.8 Å². The van der Waals surface area contributed by atoms with Crippen LogP contribution >= 0.6 is 15.9 Å². The Morgan fingerprint density at radius 2 is 1.84 bits per heavy atom. The Labute approximate surface area is 153 Å². The van der Waals surface area contributed by atoms with Gasteiger partial charge in [0.15, 0.2) is 0 Å². The molecule has 0 saturated carbocycles. The van der Waals surface area contributed by atoms with Crippen molar-refractivity contribution < 1.29 is 4.42 Å². The summed E-state index contributed by atoms with van der Waals surface area (Å²) in [6, 6.07) is 18.5. The maximum atomic E-state index is 5.91. The van der Waals surface area contributed by atoms with Gasteiger partial charge in [0, 0.05) is 35.2 Å². The van der Waals surface area contributed by atoms with Gasteiger partial charge in [-0.1, -0.05) is 47.6 Å². The molecule has 0 amide bonds. The monoisotopic (exact) mass is 394 g/mol. The van der Waals surface area contributed by atoms with E-state index in [1.54, 1.807) is 6.20 Å². The molecule has 2 aromatic carbocycles. The molecular weight excluding hydrogens is 380 g/mol. The molecule has 0 saturated heterocycles. The van der Waals surface area contributed by atoms with E-state index < -0.39 is 0 Å². The molecule has 0 N–H and O–H groups in total. The first kappa shape index (κ1) is 15.8. The SMILES string of the molecule is CN(Cc1ccccc1)c1nnc(-c2ccnc3c(Br)cccc23)o1. The molecule has 0 aliphatic rings. The van der Waals surface area contributed by atoms with Crippen molar-refractivity contribution in [2.75, 3.05) is 11.9 Å². The summed E-state index contributed by atoms with van der Waals surface area (Å²) in [5.41, 5.74) is 2.93. The highest BCUT2D eigenvalue weighted by molar-refractivity contribution is 9.10. The molecule has 2 heterocycles. The van der Waals surface area contributed by atoms with E-state index in [-0.39, 0.29) is 0 Å². The van der Waals surface area contributed by atoms with Gasteiger partial charge in [0.1, 0.15) is 0 Å². The Kier molecular flexibility index (Phi) is 4.19. The second kappa shape index (κ2) is 6.64. The molecule has 6 heteroatoms. The molecule has 0 bridgehead atoms. The molecule has 4 aromatic rings. The summed E-state index contributed by atoms with van der Waals surface area (Å²) in [6.07, 6.45) is 1.75. The number of aromatic nitrogens is 3. The lowest BCUT2D eigenvalue weighted by Gasteiger charge is -2.13. The third-order valence-corrected chi connectivity index (χ3v) is 4.60. The third kappa shape index (κ3) is 3.13. The smallest absolute Gasteiger partial charge is 0.318 e. The van der Waals surface area contributed by atoms with E-state index in [0.717, 1.165) is 20.9 Å². The average Bonchev–Trinajstić information content (AvgIpc) is 3.13. The van der Waals surface area contributed by atoms with Gasteiger partial charge in [-0.3, -0.25) is 4.98 Å². The molecular formula is C19H15BrN4O. The average molecular weight is 395 g/mol. The fraction of sp³-hybridized carbons (Fsp3) is 0.105. The number of pyridine rings is 1. The predicted molar refractivity (Wildman–Crippen MR) is 101 cm³/mol. The van der Waals surface area contributed by atoms with Crippen LogP contribution in [0.1, 0.15) is 5.56 Å². The first-order chi connectivity index (χ1) is 12.2. The molecule has 2 aromatic heterocycles. The molecule has 0 aliphatic heterocycles. The second-order valence-corrected chi connectivity index (χ2v) is 6.58. The zero-order valence-corrected chi connectivity index (χ0v) is 15.1. The number of hydrogen-bond acceptors (Lipinski definition) is 5. The Morgan fingerprint density at radius 1 is 1.00 bits per heavy atom. The number of benzene rings is 2. The lowest BCUT2D eigenvalue weighted by Crippen LogP contribution is -2.16. The highest BCUT2D eigenvalue weighted by Gasteiger charge is 2.15. The van der Waals surface area contributed by atoms with Crippen LogP contribution in [0.25, 0.3) is 22.4 Å². The summed E-state index contributed by atoms with van der Waals surface area (Å²) in [6.45, 7) is 0.700. The Hall–Kier alpha value is -2.73. The van der Waals surface area contributed by atoms with Crippen LogP contribution in [0.3, 0.4) is 0 Å². The number of para-hydroxylation sites is 1. The summed E-state index contributed by atoms with van der Waals surface area (Å²) in [5.74, 6) is 0.486. The number of fused-ring (bicyclic) bond motifs is 1. The highest BCUT2D eigenvalue weighted by atomic mass is 79.9. The van der Waals surface area contributed by atoms with E-state index in [2.05, 4.69) is 43.2 Å². The van der Waals surface area contributed by atoms with Crippen molar-refractivity contribution in [1.82, 2.24) is 15.2 Å². The second-order valence-electron chi connectivity index (χ2n) is 5.73. The van der Waals surface area contributed by atoms with Gasteiger partial charge in [0.25, 0.3) is 0 Å². The van der Waals surface area contributed by atoms with Gasteiger partial charge < -0.3 is 9.32 Å². The van der Waals surface area contributed by atoms with Crippen molar-refractivity contribution in [3.8, 4) is 11.5 Å². The highest BCUT2D eigenvalue weighted by Crippen LogP contribution is 2.31. The zero-order chi connectivity index (χ0) is 17.2. The van der Waals surface area contributed by atoms with Gasteiger partial charge in [-0.2, -0.15) is 0 Å². The van der Waals surface area contributed by atoms with Crippen LogP contribution in [0.5, 0.6) is 0 Å². The topological polar surface area (TPSA) is 55.1 Å². The van der Waals surface area contributed by atoms with Crippen LogP contribution in [-0.2, 0) is 6.54 Å². The van der Waals surface area contributed by atoms with E-state index in [4.69, 9.17) is 4.42 Å². The maximum Gasteiger partial charge on any atom is 0.318 e. The van der Waals surface area contributed by atoms with Crippen molar-refractivity contribution in [2.24, 2.45) is 0 Å². The Balaban J connectivity index is 1.67. The molecule has 0 unspecified atom stereocenters. The van der Waals surface area contributed by atoms with Crippen molar-refractivity contribution in [3.63, 3.8) is 0 Å². The zero-order valence-electron chi connectivity index (χ0n) is 13.6. The number of halogens is 1. The molecule has 0 fully saturated rings. The van der Waals surface area contributed by atoms with Crippen LogP contribution in [0, 0.1) is 0 Å². The fourth-order valence-electron chi connectivity index (χ4n) is 2.73. The molecule has 4 rings (SSSR count). The molecule has 0 atom stereocenters. The number of rotatable bonds is 4.